The van der Waals surface area contributed by atoms with Gasteiger partial charge in [0.05, 0.1) is 17.1 Å². The van der Waals surface area contributed by atoms with Crippen molar-refractivity contribution in [3.63, 3.8) is 0 Å². The topological polar surface area (TPSA) is 3.24 Å². The maximum absolute atomic E-state index is 2.44. The number of rotatable bonds is 1. The predicted molar refractivity (Wildman–Crippen MR) is 114 cm³/mol. The standard InChI is InChI=1S/C25H25N/c1-16-6-10-23-21(14-16)8-9-22-15-17(2)7-11-24(22)26(23)25-19(4)12-18(3)13-20(25)5/h6-15H,1-5H3. The molecule has 0 amide bonds. The highest BCUT2D eigenvalue weighted by Gasteiger charge is 2.22. The maximum Gasteiger partial charge on any atom is 0.0534 e. The first-order valence-corrected chi connectivity index (χ1v) is 9.21. The van der Waals surface area contributed by atoms with Crippen LogP contribution >= 0.6 is 0 Å². The molecule has 0 bridgehead atoms. The molecule has 1 heteroatoms. The van der Waals surface area contributed by atoms with Gasteiger partial charge in [0.15, 0.2) is 0 Å². The smallest absolute Gasteiger partial charge is 0.0534 e. The van der Waals surface area contributed by atoms with Crippen LogP contribution in [0.2, 0.25) is 0 Å². The first-order valence-electron chi connectivity index (χ1n) is 9.21. The quantitative estimate of drug-likeness (QED) is 0.355. The van der Waals surface area contributed by atoms with Crippen molar-refractivity contribution in [3.8, 4) is 0 Å². The van der Waals surface area contributed by atoms with E-state index in [1.54, 1.807) is 0 Å². The summed E-state index contributed by atoms with van der Waals surface area (Å²) in [6.07, 6.45) is 4.50. The van der Waals surface area contributed by atoms with E-state index in [0.717, 1.165) is 0 Å². The molecule has 0 N–H and O–H groups in total. The van der Waals surface area contributed by atoms with Crippen molar-refractivity contribution in [1.82, 2.24) is 0 Å². The second-order valence-electron chi connectivity index (χ2n) is 7.54. The van der Waals surface area contributed by atoms with Gasteiger partial charge in [-0.15, -0.1) is 0 Å². The molecular weight excluding hydrogens is 314 g/mol. The third-order valence-electron chi connectivity index (χ3n) is 5.15. The fraction of sp³-hybridized carbons (Fsp3) is 0.200. The molecule has 3 aromatic carbocycles. The molecular formula is C25H25N. The Morgan fingerprint density at radius 2 is 1.00 bits per heavy atom. The molecule has 3 aromatic rings. The van der Waals surface area contributed by atoms with E-state index >= 15 is 0 Å². The lowest BCUT2D eigenvalue weighted by Gasteiger charge is -2.30. The number of hydrogen-bond acceptors (Lipinski definition) is 1. The summed E-state index contributed by atoms with van der Waals surface area (Å²) < 4.78 is 0. The van der Waals surface area contributed by atoms with Gasteiger partial charge < -0.3 is 4.90 Å². The molecule has 1 heterocycles. The van der Waals surface area contributed by atoms with E-state index in [-0.39, 0.29) is 0 Å². The van der Waals surface area contributed by atoms with E-state index in [1.807, 2.05) is 0 Å². The minimum absolute atomic E-state index is 1.24. The van der Waals surface area contributed by atoms with Crippen molar-refractivity contribution in [1.29, 1.82) is 0 Å². The summed E-state index contributed by atoms with van der Waals surface area (Å²) in [5.41, 5.74) is 12.8. The van der Waals surface area contributed by atoms with Crippen LogP contribution < -0.4 is 4.90 Å². The van der Waals surface area contributed by atoms with E-state index in [4.69, 9.17) is 0 Å². The van der Waals surface area contributed by atoms with Crippen LogP contribution in [0.3, 0.4) is 0 Å². The Labute approximate surface area is 156 Å². The van der Waals surface area contributed by atoms with Crippen LogP contribution in [0.5, 0.6) is 0 Å². The Morgan fingerprint density at radius 3 is 1.46 bits per heavy atom. The highest BCUT2D eigenvalue weighted by Crippen LogP contribution is 2.44. The molecule has 0 fully saturated rings. The zero-order chi connectivity index (χ0) is 18.4. The van der Waals surface area contributed by atoms with Crippen molar-refractivity contribution >= 4 is 29.2 Å². The summed E-state index contributed by atoms with van der Waals surface area (Å²) in [6, 6.07) is 18.0. The van der Waals surface area contributed by atoms with Crippen molar-refractivity contribution in [2.24, 2.45) is 0 Å². The lowest BCUT2D eigenvalue weighted by atomic mass is 10.0. The van der Waals surface area contributed by atoms with Crippen LogP contribution in [0.15, 0.2) is 48.5 Å². The largest absolute Gasteiger partial charge is 0.309 e. The summed E-state index contributed by atoms with van der Waals surface area (Å²) in [5, 5.41) is 0. The Kier molecular flexibility index (Phi) is 3.96. The summed E-state index contributed by atoms with van der Waals surface area (Å²) in [4.78, 5) is 2.44. The van der Waals surface area contributed by atoms with Gasteiger partial charge in [0.2, 0.25) is 0 Å². The van der Waals surface area contributed by atoms with E-state index in [1.165, 1.54) is 56.0 Å². The number of anilines is 3. The van der Waals surface area contributed by atoms with Crippen molar-refractivity contribution in [2.45, 2.75) is 34.6 Å². The normalized spacial score (nSPS) is 12.6. The highest BCUT2D eigenvalue weighted by atomic mass is 15.2. The lowest BCUT2D eigenvalue weighted by Crippen LogP contribution is -2.14. The summed E-state index contributed by atoms with van der Waals surface area (Å²) >= 11 is 0. The molecule has 0 saturated heterocycles. The molecule has 0 spiro atoms. The fourth-order valence-corrected chi connectivity index (χ4v) is 4.10. The molecule has 130 valence electrons. The number of hydrogen-bond donors (Lipinski definition) is 0. The van der Waals surface area contributed by atoms with E-state index in [9.17, 15) is 0 Å². The van der Waals surface area contributed by atoms with Gasteiger partial charge in [0.25, 0.3) is 0 Å². The second-order valence-corrected chi connectivity index (χ2v) is 7.54. The third kappa shape index (κ3) is 2.74. The Hall–Kier alpha value is -2.80. The summed E-state index contributed by atoms with van der Waals surface area (Å²) in [5.74, 6) is 0. The molecule has 1 aliphatic rings. The molecule has 4 rings (SSSR count). The SMILES string of the molecule is Cc1cc(C)c(N2c3ccc(C)cc3C=Cc3cc(C)ccc32)c(C)c1. The highest BCUT2D eigenvalue weighted by molar-refractivity contribution is 5.94. The third-order valence-corrected chi connectivity index (χ3v) is 5.15. The molecule has 0 aromatic heterocycles. The van der Waals surface area contributed by atoms with Crippen LogP contribution in [0.25, 0.3) is 12.2 Å². The molecule has 0 aliphatic carbocycles. The van der Waals surface area contributed by atoms with Gasteiger partial charge >= 0.3 is 0 Å². The zero-order valence-corrected chi connectivity index (χ0v) is 16.2. The average molecular weight is 339 g/mol. The average Bonchev–Trinajstić information content (AvgIpc) is 2.71. The fourth-order valence-electron chi connectivity index (χ4n) is 4.10. The monoisotopic (exact) mass is 339 g/mol. The maximum atomic E-state index is 2.44. The van der Waals surface area contributed by atoms with Gasteiger partial charge in [-0.1, -0.05) is 53.1 Å². The van der Waals surface area contributed by atoms with E-state index in [2.05, 4.69) is 100 Å². The van der Waals surface area contributed by atoms with E-state index < -0.39 is 0 Å². The molecule has 0 radical (unpaired) electrons. The van der Waals surface area contributed by atoms with Crippen molar-refractivity contribution in [2.75, 3.05) is 4.90 Å². The predicted octanol–water partition coefficient (Wildman–Crippen LogP) is 7.18. The van der Waals surface area contributed by atoms with E-state index in [0.29, 0.717) is 0 Å². The van der Waals surface area contributed by atoms with Gasteiger partial charge in [-0.2, -0.15) is 0 Å². The summed E-state index contributed by atoms with van der Waals surface area (Å²) in [7, 11) is 0. The van der Waals surface area contributed by atoms with Crippen molar-refractivity contribution in [3.05, 3.63) is 87.5 Å². The van der Waals surface area contributed by atoms with Crippen LogP contribution in [0, 0.1) is 34.6 Å². The summed E-state index contributed by atoms with van der Waals surface area (Å²) in [6.45, 7) is 10.9. The van der Waals surface area contributed by atoms with Crippen LogP contribution in [0.4, 0.5) is 17.1 Å². The van der Waals surface area contributed by atoms with Crippen molar-refractivity contribution < 1.29 is 0 Å². The number of benzene rings is 3. The van der Waals surface area contributed by atoms with Gasteiger partial charge in [-0.25, -0.2) is 0 Å². The zero-order valence-electron chi connectivity index (χ0n) is 16.2. The van der Waals surface area contributed by atoms with Gasteiger partial charge in [-0.05, 0) is 81.1 Å². The van der Waals surface area contributed by atoms with Gasteiger partial charge in [0.1, 0.15) is 0 Å². The minimum atomic E-state index is 1.24. The first-order chi connectivity index (χ1) is 12.4. The molecule has 0 saturated carbocycles. The van der Waals surface area contributed by atoms with Gasteiger partial charge in [0, 0.05) is 0 Å². The lowest BCUT2D eigenvalue weighted by molar-refractivity contribution is 1.19. The Bertz CT molecular complexity index is 962. The molecule has 0 atom stereocenters. The molecule has 1 aliphatic heterocycles. The van der Waals surface area contributed by atoms with Crippen LogP contribution in [-0.4, -0.2) is 0 Å². The molecule has 0 unspecified atom stereocenters. The minimum Gasteiger partial charge on any atom is -0.309 e. The Morgan fingerprint density at radius 1 is 0.538 bits per heavy atom. The number of nitrogens with zero attached hydrogens (tertiary/aromatic N) is 1. The first kappa shape index (κ1) is 16.7. The molecule has 1 nitrogen and oxygen atoms in total. The number of fused-ring (bicyclic) bond motifs is 2. The Balaban J connectivity index is 2.07. The number of aryl methyl sites for hydroxylation is 5. The van der Waals surface area contributed by atoms with Gasteiger partial charge in [-0.3, -0.25) is 0 Å². The van der Waals surface area contributed by atoms with Crippen LogP contribution in [0.1, 0.15) is 38.9 Å². The molecule has 26 heavy (non-hydrogen) atoms. The van der Waals surface area contributed by atoms with Crippen LogP contribution in [-0.2, 0) is 0 Å². The second kappa shape index (κ2) is 6.17.